The van der Waals surface area contributed by atoms with Crippen molar-refractivity contribution < 1.29 is 4.21 Å². The third-order valence-corrected chi connectivity index (χ3v) is 6.20. The Morgan fingerprint density at radius 1 is 1.10 bits per heavy atom. The summed E-state index contributed by atoms with van der Waals surface area (Å²) in [4.78, 5) is 2.58. The first kappa shape index (κ1) is 16.4. The second-order valence-electron chi connectivity index (χ2n) is 6.72. The maximum Gasteiger partial charge on any atom is 0.0363 e. The van der Waals surface area contributed by atoms with Crippen molar-refractivity contribution in [1.29, 1.82) is 0 Å². The Hall–Kier alpha value is 0.0700. The molecular weight excluding hydrogens is 268 g/mol. The molecule has 0 amide bonds. The van der Waals surface area contributed by atoms with Crippen LogP contribution in [0, 0.1) is 5.41 Å². The summed E-state index contributed by atoms with van der Waals surface area (Å²) in [5.74, 6) is 1.77. The molecule has 118 valence electrons. The van der Waals surface area contributed by atoms with Gasteiger partial charge in [-0.15, -0.1) is 0 Å². The van der Waals surface area contributed by atoms with Crippen LogP contribution in [0.25, 0.3) is 0 Å². The van der Waals surface area contributed by atoms with Gasteiger partial charge in [-0.2, -0.15) is 0 Å². The minimum Gasteiger partial charge on any atom is -0.316 e. The Bertz CT molecular complexity index is 291. The molecule has 2 fully saturated rings. The fraction of sp³-hybridized carbons (Fsp3) is 1.00. The molecule has 0 atom stereocenters. The predicted molar refractivity (Wildman–Crippen MR) is 87.6 cm³/mol. The molecule has 2 aliphatic rings. The number of nitrogens with one attached hydrogen (secondary N) is 1. The van der Waals surface area contributed by atoms with Crippen LogP contribution in [0.4, 0.5) is 0 Å². The van der Waals surface area contributed by atoms with Crippen molar-refractivity contribution in [3.05, 3.63) is 0 Å². The maximum atomic E-state index is 11.5. The summed E-state index contributed by atoms with van der Waals surface area (Å²) in [5, 5.41) is 3.69. The number of nitrogens with zero attached hydrogens (tertiary/aromatic N) is 1. The van der Waals surface area contributed by atoms with Gasteiger partial charge < -0.3 is 10.2 Å². The van der Waals surface area contributed by atoms with Gasteiger partial charge in [0.2, 0.25) is 0 Å². The predicted octanol–water partition coefficient (Wildman–Crippen LogP) is 2.39. The van der Waals surface area contributed by atoms with E-state index in [2.05, 4.69) is 17.1 Å². The molecule has 20 heavy (non-hydrogen) atoms. The van der Waals surface area contributed by atoms with Crippen molar-refractivity contribution in [2.45, 2.75) is 51.9 Å². The molecule has 2 rings (SSSR count). The number of hydrogen-bond donors (Lipinski definition) is 1. The summed E-state index contributed by atoms with van der Waals surface area (Å²) in [6, 6.07) is 0. The van der Waals surface area contributed by atoms with Crippen LogP contribution in [0.1, 0.15) is 51.9 Å². The fourth-order valence-corrected chi connectivity index (χ4v) is 4.84. The molecule has 1 heterocycles. The van der Waals surface area contributed by atoms with E-state index in [1.807, 2.05) is 0 Å². The van der Waals surface area contributed by atoms with Gasteiger partial charge in [-0.1, -0.05) is 32.6 Å². The van der Waals surface area contributed by atoms with E-state index in [1.54, 1.807) is 0 Å². The zero-order valence-corrected chi connectivity index (χ0v) is 14.0. The summed E-state index contributed by atoms with van der Waals surface area (Å²) in [6.45, 7) is 7.88. The average Bonchev–Trinajstić information content (AvgIpc) is 2.68. The lowest BCUT2D eigenvalue weighted by Crippen LogP contribution is -2.48. The van der Waals surface area contributed by atoms with E-state index in [0.717, 1.165) is 31.1 Å². The minimum atomic E-state index is -0.548. The van der Waals surface area contributed by atoms with E-state index in [0.29, 0.717) is 5.41 Å². The van der Waals surface area contributed by atoms with E-state index >= 15 is 0 Å². The molecular formula is C16H32N2OS. The molecule has 3 nitrogen and oxygen atoms in total. The van der Waals surface area contributed by atoms with E-state index in [-0.39, 0.29) is 0 Å². The highest BCUT2D eigenvalue weighted by atomic mass is 32.2. The molecule has 1 saturated carbocycles. The van der Waals surface area contributed by atoms with Crippen LogP contribution >= 0.6 is 0 Å². The first-order chi connectivity index (χ1) is 9.74. The van der Waals surface area contributed by atoms with E-state index in [9.17, 15) is 4.21 Å². The van der Waals surface area contributed by atoms with Crippen molar-refractivity contribution in [2.24, 2.45) is 5.41 Å². The molecule has 1 N–H and O–H groups in total. The lowest BCUT2D eigenvalue weighted by Gasteiger charge is -2.39. The first-order valence-corrected chi connectivity index (χ1v) is 10.0. The molecule has 1 aliphatic carbocycles. The van der Waals surface area contributed by atoms with E-state index < -0.39 is 10.8 Å². The highest BCUT2D eigenvalue weighted by Gasteiger charge is 2.33. The smallest absolute Gasteiger partial charge is 0.0363 e. The lowest BCUT2D eigenvalue weighted by atomic mass is 9.79. The zero-order chi connectivity index (χ0) is 14.3. The van der Waals surface area contributed by atoms with Crippen LogP contribution in [0.2, 0.25) is 0 Å². The van der Waals surface area contributed by atoms with Crippen molar-refractivity contribution in [1.82, 2.24) is 10.2 Å². The van der Waals surface area contributed by atoms with Crippen LogP contribution in [0.5, 0.6) is 0 Å². The second-order valence-corrected chi connectivity index (χ2v) is 8.41. The standard InChI is InChI=1S/C16H32N2OS/c1-2-9-17-14-16(7-5-3-4-6-8-16)15-18-10-12-20(19)13-11-18/h17H,2-15H2,1H3. The molecule has 0 bridgehead atoms. The quantitative estimate of drug-likeness (QED) is 0.604. The van der Waals surface area contributed by atoms with Gasteiger partial charge in [0, 0.05) is 48.5 Å². The van der Waals surface area contributed by atoms with Gasteiger partial charge in [-0.3, -0.25) is 4.21 Å². The average molecular weight is 301 g/mol. The van der Waals surface area contributed by atoms with Crippen LogP contribution in [-0.4, -0.2) is 53.3 Å². The molecule has 1 aliphatic heterocycles. The van der Waals surface area contributed by atoms with E-state index in [1.165, 1.54) is 58.0 Å². The molecule has 0 unspecified atom stereocenters. The summed E-state index contributed by atoms with van der Waals surface area (Å²) in [6.07, 6.45) is 9.60. The molecule has 1 saturated heterocycles. The Labute approximate surface area is 127 Å². The van der Waals surface area contributed by atoms with Crippen molar-refractivity contribution in [3.8, 4) is 0 Å². The summed E-state index contributed by atoms with van der Waals surface area (Å²) in [5.41, 5.74) is 0.477. The van der Waals surface area contributed by atoms with Gasteiger partial charge in [0.25, 0.3) is 0 Å². The highest BCUT2D eigenvalue weighted by Crippen LogP contribution is 2.35. The molecule has 0 aromatic carbocycles. The Balaban J connectivity index is 1.91. The van der Waals surface area contributed by atoms with Crippen molar-refractivity contribution >= 4 is 10.8 Å². The van der Waals surface area contributed by atoms with Crippen LogP contribution in [0.15, 0.2) is 0 Å². The van der Waals surface area contributed by atoms with Crippen molar-refractivity contribution in [3.63, 3.8) is 0 Å². The van der Waals surface area contributed by atoms with Gasteiger partial charge in [-0.25, -0.2) is 0 Å². The Morgan fingerprint density at radius 2 is 1.75 bits per heavy atom. The number of hydrogen-bond acceptors (Lipinski definition) is 3. The second kappa shape index (κ2) is 8.50. The monoisotopic (exact) mass is 300 g/mol. The van der Waals surface area contributed by atoms with Crippen LogP contribution in [-0.2, 0) is 10.8 Å². The van der Waals surface area contributed by atoms with Crippen LogP contribution in [0.3, 0.4) is 0 Å². The third kappa shape index (κ3) is 5.12. The maximum absolute atomic E-state index is 11.5. The fourth-order valence-electron chi connectivity index (χ4n) is 3.71. The highest BCUT2D eigenvalue weighted by molar-refractivity contribution is 7.85. The van der Waals surface area contributed by atoms with Crippen molar-refractivity contribution in [2.75, 3.05) is 44.2 Å². The summed E-state index contributed by atoms with van der Waals surface area (Å²) in [7, 11) is -0.548. The van der Waals surface area contributed by atoms with Gasteiger partial charge in [0.05, 0.1) is 0 Å². The van der Waals surface area contributed by atoms with Gasteiger partial charge in [0.15, 0.2) is 0 Å². The molecule has 4 heteroatoms. The summed E-state index contributed by atoms with van der Waals surface area (Å²) >= 11 is 0. The molecule has 0 aromatic rings. The molecule has 0 radical (unpaired) electrons. The zero-order valence-electron chi connectivity index (χ0n) is 13.2. The Morgan fingerprint density at radius 3 is 2.35 bits per heavy atom. The molecule has 0 aromatic heterocycles. The third-order valence-electron chi connectivity index (χ3n) is 4.92. The largest absolute Gasteiger partial charge is 0.316 e. The topological polar surface area (TPSA) is 32.3 Å². The Kier molecular flexibility index (Phi) is 6.99. The van der Waals surface area contributed by atoms with Gasteiger partial charge in [0.1, 0.15) is 0 Å². The van der Waals surface area contributed by atoms with Crippen LogP contribution < -0.4 is 5.32 Å². The SMILES string of the molecule is CCCNCC1(CN2CCS(=O)CC2)CCCCCC1. The normalized spacial score (nSPS) is 25.4. The minimum absolute atomic E-state index is 0.477. The summed E-state index contributed by atoms with van der Waals surface area (Å²) < 4.78 is 11.5. The van der Waals surface area contributed by atoms with Gasteiger partial charge in [-0.05, 0) is 31.2 Å². The first-order valence-electron chi connectivity index (χ1n) is 8.52. The number of rotatable bonds is 6. The lowest BCUT2D eigenvalue weighted by molar-refractivity contribution is 0.134. The van der Waals surface area contributed by atoms with E-state index in [4.69, 9.17) is 0 Å². The molecule has 0 spiro atoms. The van der Waals surface area contributed by atoms with Gasteiger partial charge >= 0.3 is 0 Å².